The molecule has 0 saturated carbocycles. The SMILES string of the molecule is O=C(O)n1c(-c2ccccc2)cc2cnc(Cl)cc21. The molecule has 0 bridgehead atoms. The molecule has 3 aromatic rings. The van der Waals surface area contributed by atoms with Crippen LogP contribution in [0.3, 0.4) is 0 Å². The number of carbonyl (C=O) groups is 1. The first kappa shape index (κ1) is 11.7. The highest BCUT2D eigenvalue weighted by atomic mass is 35.5. The van der Waals surface area contributed by atoms with Crippen molar-refractivity contribution in [3.05, 3.63) is 53.8 Å². The maximum atomic E-state index is 11.5. The molecule has 0 fully saturated rings. The Balaban J connectivity index is 2.36. The van der Waals surface area contributed by atoms with Crippen LogP contribution in [-0.4, -0.2) is 20.8 Å². The smallest absolute Gasteiger partial charge is 0.416 e. The molecule has 1 aromatic carbocycles. The minimum absolute atomic E-state index is 0.271. The normalized spacial score (nSPS) is 10.8. The summed E-state index contributed by atoms with van der Waals surface area (Å²) in [6, 6.07) is 12.7. The second-order valence-corrected chi connectivity index (χ2v) is 4.47. The molecule has 0 saturated heterocycles. The van der Waals surface area contributed by atoms with Crippen LogP contribution < -0.4 is 0 Å². The van der Waals surface area contributed by atoms with Gasteiger partial charge >= 0.3 is 6.09 Å². The van der Waals surface area contributed by atoms with E-state index in [1.165, 1.54) is 4.57 Å². The first-order valence-electron chi connectivity index (χ1n) is 5.62. The van der Waals surface area contributed by atoms with Crippen molar-refractivity contribution < 1.29 is 9.90 Å². The van der Waals surface area contributed by atoms with E-state index in [-0.39, 0.29) is 5.15 Å². The van der Waals surface area contributed by atoms with Gasteiger partial charge < -0.3 is 5.11 Å². The molecule has 1 N–H and O–H groups in total. The monoisotopic (exact) mass is 272 g/mol. The molecule has 19 heavy (non-hydrogen) atoms. The predicted octanol–water partition coefficient (Wildman–Crippen LogP) is 3.88. The summed E-state index contributed by atoms with van der Waals surface area (Å²) in [5.74, 6) is 0. The Morgan fingerprint density at radius 1 is 1.21 bits per heavy atom. The Morgan fingerprint density at radius 3 is 2.63 bits per heavy atom. The molecule has 5 heteroatoms. The second kappa shape index (κ2) is 4.40. The number of aromatic nitrogens is 2. The number of carboxylic acid groups (broad SMARTS) is 1. The van der Waals surface area contributed by atoms with E-state index in [0.717, 1.165) is 10.9 Å². The zero-order valence-electron chi connectivity index (χ0n) is 9.75. The number of fused-ring (bicyclic) bond motifs is 1. The van der Waals surface area contributed by atoms with E-state index in [0.29, 0.717) is 11.2 Å². The average molecular weight is 273 g/mol. The fourth-order valence-corrected chi connectivity index (χ4v) is 2.26. The molecule has 3 rings (SSSR count). The van der Waals surface area contributed by atoms with E-state index in [9.17, 15) is 9.90 Å². The Morgan fingerprint density at radius 2 is 1.95 bits per heavy atom. The fourth-order valence-electron chi connectivity index (χ4n) is 2.10. The Bertz CT molecular complexity index is 766. The van der Waals surface area contributed by atoms with Crippen molar-refractivity contribution in [1.82, 2.24) is 9.55 Å². The van der Waals surface area contributed by atoms with Crippen LogP contribution in [0.4, 0.5) is 4.79 Å². The van der Waals surface area contributed by atoms with Crippen LogP contribution in [-0.2, 0) is 0 Å². The maximum absolute atomic E-state index is 11.5. The number of rotatable bonds is 1. The summed E-state index contributed by atoms with van der Waals surface area (Å²) in [6.07, 6.45) is 0.528. The maximum Gasteiger partial charge on any atom is 0.416 e. The van der Waals surface area contributed by atoms with Gasteiger partial charge in [-0.05, 0) is 11.6 Å². The topological polar surface area (TPSA) is 55.1 Å². The van der Waals surface area contributed by atoms with Crippen molar-refractivity contribution in [2.45, 2.75) is 0 Å². The van der Waals surface area contributed by atoms with Crippen molar-refractivity contribution in [2.75, 3.05) is 0 Å². The van der Waals surface area contributed by atoms with Crippen molar-refractivity contribution in [3.8, 4) is 11.3 Å². The third-order valence-electron chi connectivity index (χ3n) is 2.91. The number of benzene rings is 1. The highest BCUT2D eigenvalue weighted by Gasteiger charge is 2.15. The minimum atomic E-state index is -1.05. The predicted molar refractivity (Wildman–Crippen MR) is 73.6 cm³/mol. The summed E-state index contributed by atoms with van der Waals surface area (Å²) in [6.45, 7) is 0. The molecule has 94 valence electrons. The largest absolute Gasteiger partial charge is 0.464 e. The summed E-state index contributed by atoms with van der Waals surface area (Å²) in [5.41, 5.74) is 1.97. The molecule has 0 atom stereocenters. The van der Waals surface area contributed by atoms with Crippen LogP contribution in [0.15, 0.2) is 48.7 Å². The number of hydrogen-bond acceptors (Lipinski definition) is 2. The quantitative estimate of drug-likeness (QED) is 0.684. The lowest BCUT2D eigenvalue weighted by molar-refractivity contribution is 0.198. The minimum Gasteiger partial charge on any atom is -0.464 e. The van der Waals surface area contributed by atoms with E-state index in [2.05, 4.69) is 4.98 Å². The van der Waals surface area contributed by atoms with Gasteiger partial charge in [-0.1, -0.05) is 41.9 Å². The Hall–Kier alpha value is -2.33. The third kappa shape index (κ3) is 1.96. The zero-order chi connectivity index (χ0) is 13.4. The Labute approximate surface area is 113 Å². The molecule has 0 amide bonds. The van der Waals surface area contributed by atoms with Gasteiger partial charge in [-0.15, -0.1) is 0 Å². The van der Waals surface area contributed by atoms with Gasteiger partial charge in [0.2, 0.25) is 0 Å². The molecule has 2 aromatic heterocycles. The van der Waals surface area contributed by atoms with Gasteiger partial charge in [0.25, 0.3) is 0 Å². The molecule has 0 aliphatic carbocycles. The molecule has 4 nitrogen and oxygen atoms in total. The van der Waals surface area contributed by atoms with Crippen LogP contribution in [0, 0.1) is 0 Å². The fraction of sp³-hybridized carbons (Fsp3) is 0. The summed E-state index contributed by atoms with van der Waals surface area (Å²) < 4.78 is 1.22. The first-order valence-corrected chi connectivity index (χ1v) is 6.00. The van der Waals surface area contributed by atoms with Gasteiger partial charge in [-0.25, -0.2) is 14.3 Å². The molecule has 0 radical (unpaired) electrons. The lowest BCUT2D eigenvalue weighted by Gasteiger charge is -2.05. The summed E-state index contributed by atoms with van der Waals surface area (Å²) >= 11 is 5.83. The van der Waals surface area contributed by atoms with Gasteiger partial charge in [0, 0.05) is 17.6 Å². The molecular weight excluding hydrogens is 264 g/mol. The number of pyridine rings is 1. The Kier molecular flexibility index (Phi) is 2.72. The number of nitrogens with zero attached hydrogens (tertiary/aromatic N) is 2. The van der Waals surface area contributed by atoms with Gasteiger partial charge in [-0.3, -0.25) is 0 Å². The first-order chi connectivity index (χ1) is 9.16. The van der Waals surface area contributed by atoms with Crippen molar-refractivity contribution in [2.24, 2.45) is 0 Å². The van der Waals surface area contributed by atoms with Crippen molar-refractivity contribution in [3.63, 3.8) is 0 Å². The zero-order valence-corrected chi connectivity index (χ0v) is 10.5. The van der Waals surface area contributed by atoms with E-state index in [4.69, 9.17) is 11.6 Å². The molecule has 0 spiro atoms. The summed E-state index contributed by atoms with van der Waals surface area (Å²) in [7, 11) is 0. The lowest BCUT2D eigenvalue weighted by Crippen LogP contribution is -2.09. The number of halogens is 1. The molecule has 0 aliphatic rings. The number of hydrogen-bond donors (Lipinski definition) is 1. The van der Waals surface area contributed by atoms with Crippen molar-refractivity contribution >= 4 is 28.6 Å². The van der Waals surface area contributed by atoms with Gasteiger partial charge in [0.15, 0.2) is 0 Å². The van der Waals surface area contributed by atoms with E-state index in [1.807, 2.05) is 30.3 Å². The highest BCUT2D eigenvalue weighted by Crippen LogP contribution is 2.28. The molecule has 2 heterocycles. The lowest BCUT2D eigenvalue weighted by atomic mass is 10.1. The van der Waals surface area contributed by atoms with Crippen LogP contribution in [0.2, 0.25) is 5.15 Å². The van der Waals surface area contributed by atoms with Crippen molar-refractivity contribution in [1.29, 1.82) is 0 Å². The molecule has 0 unspecified atom stereocenters. The summed E-state index contributed by atoms with van der Waals surface area (Å²) in [5, 5.41) is 10.4. The second-order valence-electron chi connectivity index (χ2n) is 4.08. The van der Waals surface area contributed by atoms with Gasteiger partial charge in [0.1, 0.15) is 5.15 Å². The van der Waals surface area contributed by atoms with Crippen LogP contribution in [0.5, 0.6) is 0 Å². The van der Waals surface area contributed by atoms with Gasteiger partial charge in [0.05, 0.1) is 11.2 Å². The van der Waals surface area contributed by atoms with E-state index in [1.54, 1.807) is 18.3 Å². The summed E-state index contributed by atoms with van der Waals surface area (Å²) in [4.78, 5) is 15.5. The third-order valence-corrected chi connectivity index (χ3v) is 3.12. The van der Waals surface area contributed by atoms with Crippen LogP contribution in [0.25, 0.3) is 22.2 Å². The molecule has 0 aliphatic heterocycles. The van der Waals surface area contributed by atoms with Gasteiger partial charge in [-0.2, -0.15) is 0 Å². The van der Waals surface area contributed by atoms with E-state index >= 15 is 0 Å². The van der Waals surface area contributed by atoms with Crippen LogP contribution >= 0.6 is 11.6 Å². The standard InChI is InChI=1S/C14H9ClN2O2/c15-13-7-12-10(8-16-13)6-11(17(12)14(18)19)9-4-2-1-3-5-9/h1-8H,(H,18,19). The average Bonchev–Trinajstić information content (AvgIpc) is 2.78. The van der Waals surface area contributed by atoms with E-state index < -0.39 is 6.09 Å². The molecular formula is C14H9ClN2O2. The highest BCUT2D eigenvalue weighted by molar-refractivity contribution is 6.30. The van der Waals surface area contributed by atoms with Crippen LogP contribution in [0.1, 0.15) is 0 Å².